The van der Waals surface area contributed by atoms with E-state index in [1.54, 1.807) is 37.5 Å². The summed E-state index contributed by atoms with van der Waals surface area (Å²) in [6.45, 7) is 3.33. The Morgan fingerprint density at radius 3 is 2.74 bits per heavy atom. The van der Waals surface area contributed by atoms with Crippen molar-refractivity contribution < 1.29 is 23.6 Å². The Kier molecular flexibility index (Phi) is 7.35. The summed E-state index contributed by atoms with van der Waals surface area (Å²) in [4.78, 5) is 43.8. The summed E-state index contributed by atoms with van der Waals surface area (Å²) >= 11 is 0. The highest BCUT2D eigenvalue weighted by Crippen LogP contribution is 2.40. The molecule has 1 aliphatic carbocycles. The maximum atomic E-state index is 12.7. The molecule has 2 aliphatic rings. The Bertz CT molecular complexity index is 1380. The van der Waals surface area contributed by atoms with Gasteiger partial charge in [0.2, 0.25) is 5.95 Å². The van der Waals surface area contributed by atoms with Crippen molar-refractivity contribution in [3.05, 3.63) is 48.8 Å². The van der Waals surface area contributed by atoms with Crippen LogP contribution in [0.1, 0.15) is 25.8 Å². The number of nitrogens with zero attached hydrogens (tertiary/aromatic N) is 6. The molecule has 5 rings (SSSR count). The normalized spacial score (nSPS) is 21.2. The van der Waals surface area contributed by atoms with Crippen LogP contribution in [-0.2, 0) is 18.7 Å². The van der Waals surface area contributed by atoms with E-state index in [1.807, 2.05) is 22.8 Å². The van der Waals surface area contributed by atoms with Crippen molar-refractivity contribution in [3.8, 4) is 0 Å². The molecule has 4 atom stereocenters. The number of carbonyl (C=O) groups is 1. The van der Waals surface area contributed by atoms with Crippen molar-refractivity contribution in [1.29, 1.82) is 0 Å². The first kappa shape index (κ1) is 26.1. The maximum Gasteiger partial charge on any atom is 0.432 e. The van der Waals surface area contributed by atoms with E-state index in [0.717, 1.165) is 25.3 Å². The highest BCUT2D eigenvalue weighted by atomic mass is 31.2. The zero-order valence-electron chi connectivity index (χ0n) is 21.2. The number of nitrogens with one attached hydrogen (secondary N) is 1. The maximum absolute atomic E-state index is 12.7. The lowest BCUT2D eigenvalue weighted by molar-refractivity contribution is -0.122. The molecule has 1 aliphatic heterocycles. The van der Waals surface area contributed by atoms with Gasteiger partial charge in [0.25, 0.3) is 5.91 Å². The van der Waals surface area contributed by atoms with E-state index >= 15 is 0 Å². The number of nitrogen functional groups attached to an aromatic ring is 1. The molecule has 1 fully saturated rings. The summed E-state index contributed by atoms with van der Waals surface area (Å²) < 4.78 is 19.9. The largest absolute Gasteiger partial charge is 0.432 e. The van der Waals surface area contributed by atoms with Crippen LogP contribution in [0.3, 0.4) is 0 Å². The zero-order valence-corrected chi connectivity index (χ0v) is 22.1. The molecule has 3 heterocycles. The van der Waals surface area contributed by atoms with E-state index < -0.39 is 19.7 Å². The molecule has 13 nitrogen and oxygen atoms in total. The van der Waals surface area contributed by atoms with Crippen molar-refractivity contribution in [2.24, 2.45) is 5.92 Å². The number of carbonyl (C=O) groups excluding carboxylic acids is 1. The smallest absolute Gasteiger partial charge is 0.368 e. The number of para-hydroxylation sites is 1. The number of anilines is 3. The number of fused-ring (bicyclic) bond motifs is 1. The fourth-order valence-electron chi connectivity index (χ4n) is 4.62. The van der Waals surface area contributed by atoms with Gasteiger partial charge in [-0.25, -0.2) is 14.6 Å². The molecule has 1 aromatic carbocycles. The predicted molar refractivity (Wildman–Crippen MR) is 142 cm³/mol. The molecular formula is C24H31N8O5P. The van der Waals surface area contributed by atoms with Crippen LogP contribution in [-0.4, -0.2) is 63.2 Å². The number of benzene rings is 1. The number of allylic oxidation sites excluding steroid dienone is 1. The molecule has 0 saturated carbocycles. The number of hydrogen-bond donors (Lipinski definition) is 3. The minimum absolute atomic E-state index is 0.0507. The molecule has 1 unspecified atom stereocenters. The van der Waals surface area contributed by atoms with E-state index in [9.17, 15) is 14.3 Å². The van der Waals surface area contributed by atoms with Crippen LogP contribution in [0.2, 0.25) is 0 Å². The van der Waals surface area contributed by atoms with Gasteiger partial charge in [-0.15, -0.1) is 0 Å². The summed E-state index contributed by atoms with van der Waals surface area (Å²) in [5.41, 5.74) is 7.95. The second-order valence-corrected chi connectivity index (χ2v) is 10.9. The molecule has 0 radical (unpaired) electrons. The Labute approximate surface area is 219 Å². The zero-order chi connectivity index (χ0) is 26.9. The molecule has 4 N–H and O–H groups in total. The minimum atomic E-state index is -4.41. The van der Waals surface area contributed by atoms with Gasteiger partial charge in [-0.1, -0.05) is 30.4 Å². The van der Waals surface area contributed by atoms with Gasteiger partial charge >= 0.3 is 7.75 Å². The highest BCUT2D eigenvalue weighted by Gasteiger charge is 2.32. The first-order valence-corrected chi connectivity index (χ1v) is 13.9. The number of hydroxylamine groups is 1. The van der Waals surface area contributed by atoms with Gasteiger partial charge in [0, 0.05) is 19.0 Å². The van der Waals surface area contributed by atoms with E-state index in [0.29, 0.717) is 23.3 Å². The first-order valence-electron chi connectivity index (χ1n) is 12.4. The van der Waals surface area contributed by atoms with Crippen LogP contribution in [0, 0.1) is 5.92 Å². The monoisotopic (exact) mass is 542 g/mol. The highest BCUT2D eigenvalue weighted by molar-refractivity contribution is 7.51. The Hall–Kier alpha value is -3.51. The standard InChI is InChI=1S/C24H31N8O5P/c1-16(32(36-2)18-7-4-3-5-8-18)23(33)29-38(34,35)37-14-17-9-10-19(13-17)31-15-26-20-21(30-11-6-12-30)27-24(25)28-22(20)31/h3-5,7-10,15-17,19H,6,11-14H2,1-2H3,(H2,25,27,28)(H2,29,33,34,35)/t16-,17+,19-/m0/s1. The average Bonchev–Trinajstić information content (AvgIpc) is 3.49. The van der Waals surface area contributed by atoms with Crippen molar-refractivity contribution in [1.82, 2.24) is 24.6 Å². The van der Waals surface area contributed by atoms with Crippen LogP contribution in [0.15, 0.2) is 48.8 Å². The summed E-state index contributed by atoms with van der Waals surface area (Å²) in [6, 6.07) is 8.00. The SMILES string of the molecule is CON(c1ccccc1)[C@@H](C)C(=O)NP(=O)(O)OC[C@@H]1C=C[C@H](n2cnc3c(N4CCC4)nc(N)nc32)C1. The van der Waals surface area contributed by atoms with Gasteiger partial charge in [0.15, 0.2) is 17.0 Å². The van der Waals surface area contributed by atoms with Crippen molar-refractivity contribution in [3.63, 3.8) is 0 Å². The fraction of sp³-hybridized carbons (Fsp3) is 0.417. The Morgan fingerprint density at radius 1 is 1.29 bits per heavy atom. The van der Waals surface area contributed by atoms with Crippen LogP contribution < -0.4 is 20.8 Å². The third kappa shape index (κ3) is 5.37. The van der Waals surface area contributed by atoms with Crippen LogP contribution >= 0.6 is 7.75 Å². The van der Waals surface area contributed by atoms with Crippen molar-refractivity contribution in [2.45, 2.75) is 31.8 Å². The number of amides is 1. The summed E-state index contributed by atoms with van der Waals surface area (Å²) in [5.74, 6) is 0.0703. The quantitative estimate of drug-likeness (QED) is 0.196. The molecule has 1 amide bonds. The number of nitrogens with two attached hydrogens (primary N) is 1. The molecule has 3 aromatic rings. The Balaban J connectivity index is 1.18. The average molecular weight is 543 g/mol. The number of rotatable bonds is 10. The molecule has 2 aromatic heterocycles. The van der Waals surface area contributed by atoms with Gasteiger partial charge in [0.1, 0.15) is 6.04 Å². The molecule has 0 bridgehead atoms. The van der Waals surface area contributed by atoms with E-state index in [2.05, 4.69) is 24.9 Å². The third-order valence-electron chi connectivity index (χ3n) is 6.74. The van der Waals surface area contributed by atoms with Crippen LogP contribution in [0.25, 0.3) is 11.2 Å². The summed E-state index contributed by atoms with van der Waals surface area (Å²) in [6.07, 6.45) is 7.32. The summed E-state index contributed by atoms with van der Waals surface area (Å²) in [7, 11) is -2.99. The number of imidazole rings is 1. The van der Waals surface area contributed by atoms with Gasteiger partial charge in [-0.05, 0) is 31.9 Å². The number of hydrogen-bond acceptors (Lipinski definition) is 10. The second-order valence-electron chi connectivity index (χ2n) is 9.33. The molecule has 202 valence electrons. The summed E-state index contributed by atoms with van der Waals surface area (Å²) in [5, 5.41) is 3.46. The number of aromatic nitrogens is 4. The van der Waals surface area contributed by atoms with Gasteiger partial charge in [0.05, 0.1) is 31.8 Å². The topological polar surface area (TPSA) is 161 Å². The van der Waals surface area contributed by atoms with E-state index in [1.165, 1.54) is 12.2 Å². The van der Waals surface area contributed by atoms with Gasteiger partial charge in [-0.3, -0.25) is 19.2 Å². The molecule has 1 saturated heterocycles. The lowest BCUT2D eigenvalue weighted by atomic mass is 10.1. The Morgan fingerprint density at radius 2 is 2.05 bits per heavy atom. The van der Waals surface area contributed by atoms with E-state index in [-0.39, 0.29) is 24.5 Å². The molecule has 0 spiro atoms. The lowest BCUT2D eigenvalue weighted by Crippen LogP contribution is -2.44. The minimum Gasteiger partial charge on any atom is -0.368 e. The van der Waals surface area contributed by atoms with E-state index in [4.69, 9.17) is 15.1 Å². The molecular weight excluding hydrogens is 511 g/mol. The third-order valence-corrected chi connectivity index (χ3v) is 7.74. The second kappa shape index (κ2) is 10.7. The van der Waals surface area contributed by atoms with Crippen LogP contribution in [0.5, 0.6) is 0 Å². The molecule has 14 heteroatoms. The first-order chi connectivity index (χ1) is 18.3. The van der Waals surface area contributed by atoms with Crippen molar-refractivity contribution in [2.75, 3.05) is 42.5 Å². The molecule has 38 heavy (non-hydrogen) atoms. The van der Waals surface area contributed by atoms with Gasteiger partial charge in [-0.2, -0.15) is 9.97 Å². The van der Waals surface area contributed by atoms with Crippen molar-refractivity contribution >= 4 is 42.3 Å². The van der Waals surface area contributed by atoms with Gasteiger partial charge < -0.3 is 20.1 Å². The van der Waals surface area contributed by atoms with Crippen LogP contribution in [0.4, 0.5) is 17.5 Å². The lowest BCUT2D eigenvalue weighted by Gasteiger charge is -2.32. The predicted octanol–water partition coefficient (Wildman–Crippen LogP) is 2.43. The fourth-order valence-corrected chi connectivity index (χ4v) is 5.55.